The molecule has 0 aromatic carbocycles. The molecule has 2 rings (SSSR count). The molecule has 0 saturated heterocycles. The van der Waals surface area contributed by atoms with Crippen molar-refractivity contribution >= 4 is 38.3 Å². The van der Waals surface area contributed by atoms with Crippen molar-refractivity contribution in [3.05, 3.63) is 18.0 Å². The average Bonchev–Trinajstić information content (AvgIpc) is 2.58. The van der Waals surface area contributed by atoms with Crippen molar-refractivity contribution < 1.29 is 0 Å². The maximum Gasteiger partial charge on any atom is 0.183 e. The molecule has 0 aliphatic rings. The maximum absolute atomic E-state index is 5.67. The number of hydrogen-bond acceptors (Lipinski definition) is 4. The van der Waals surface area contributed by atoms with Crippen molar-refractivity contribution in [3.63, 3.8) is 0 Å². The summed E-state index contributed by atoms with van der Waals surface area (Å²) >= 11 is 7.28. The highest BCUT2D eigenvalue weighted by Gasteiger charge is 2.03. The van der Waals surface area contributed by atoms with Gasteiger partial charge in [0.15, 0.2) is 5.13 Å². The van der Waals surface area contributed by atoms with Gasteiger partial charge in [-0.05, 0) is 6.07 Å². The van der Waals surface area contributed by atoms with Crippen LogP contribution in [0.25, 0.3) is 10.2 Å². The molecule has 0 bridgehead atoms. The van der Waals surface area contributed by atoms with Gasteiger partial charge in [-0.1, -0.05) is 11.3 Å². The second-order valence-corrected chi connectivity index (χ2v) is 3.84. The van der Waals surface area contributed by atoms with E-state index in [0.29, 0.717) is 5.88 Å². The van der Waals surface area contributed by atoms with E-state index in [2.05, 4.69) is 15.3 Å². The van der Waals surface area contributed by atoms with E-state index in [0.717, 1.165) is 21.0 Å². The summed E-state index contributed by atoms with van der Waals surface area (Å²) in [5.41, 5.74) is 1.81. The van der Waals surface area contributed by atoms with E-state index < -0.39 is 0 Å². The maximum atomic E-state index is 5.67. The van der Waals surface area contributed by atoms with Crippen molar-refractivity contribution in [2.24, 2.45) is 0 Å². The van der Waals surface area contributed by atoms with Crippen LogP contribution in [0.15, 0.2) is 12.3 Å². The fraction of sp³-hybridized carbons (Fsp3) is 0.250. The molecule has 0 unspecified atom stereocenters. The molecule has 0 spiro atoms. The van der Waals surface area contributed by atoms with Gasteiger partial charge in [-0.2, -0.15) is 0 Å². The summed E-state index contributed by atoms with van der Waals surface area (Å²) in [4.78, 5) is 8.47. The van der Waals surface area contributed by atoms with E-state index in [-0.39, 0.29) is 0 Å². The summed E-state index contributed by atoms with van der Waals surface area (Å²) in [5.74, 6) is 0.447. The van der Waals surface area contributed by atoms with Crippen LogP contribution in [0.1, 0.15) is 5.69 Å². The third-order valence-corrected chi connectivity index (χ3v) is 2.99. The van der Waals surface area contributed by atoms with Crippen LogP contribution in [-0.4, -0.2) is 17.0 Å². The minimum Gasteiger partial charge on any atom is -0.365 e. The Balaban J connectivity index is 2.57. The third kappa shape index (κ3) is 1.59. The molecule has 0 aliphatic carbocycles. The molecule has 2 aromatic heterocycles. The molecule has 3 nitrogen and oxygen atoms in total. The first-order chi connectivity index (χ1) is 6.33. The van der Waals surface area contributed by atoms with Crippen LogP contribution in [0.5, 0.6) is 0 Å². The summed E-state index contributed by atoms with van der Waals surface area (Å²) in [6, 6.07) is 1.97. The predicted molar refractivity (Wildman–Crippen MR) is 56.5 cm³/mol. The smallest absolute Gasteiger partial charge is 0.183 e. The molecule has 0 aliphatic heterocycles. The topological polar surface area (TPSA) is 37.8 Å². The van der Waals surface area contributed by atoms with E-state index in [1.807, 2.05) is 13.1 Å². The van der Waals surface area contributed by atoms with E-state index in [1.54, 1.807) is 17.5 Å². The first-order valence-corrected chi connectivity index (χ1v) is 5.18. The lowest BCUT2D eigenvalue weighted by molar-refractivity contribution is 1.18. The number of nitrogens with zero attached hydrogens (tertiary/aromatic N) is 2. The number of pyridine rings is 1. The Morgan fingerprint density at radius 1 is 1.62 bits per heavy atom. The number of rotatable bonds is 2. The number of fused-ring (bicyclic) bond motifs is 1. The van der Waals surface area contributed by atoms with Crippen molar-refractivity contribution in [1.29, 1.82) is 0 Å². The van der Waals surface area contributed by atoms with Crippen LogP contribution >= 0.6 is 22.9 Å². The molecule has 0 amide bonds. The SMILES string of the molecule is CNc1nc2cnc(CCl)cc2s1. The second-order valence-electron chi connectivity index (χ2n) is 2.55. The van der Waals surface area contributed by atoms with Crippen molar-refractivity contribution in [2.45, 2.75) is 5.88 Å². The van der Waals surface area contributed by atoms with E-state index in [9.17, 15) is 0 Å². The third-order valence-electron chi connectivity index (χ3n) is 1.68. The second kappa shape index (κ2) is 3.47. The Bertz CT molecular complexity index is 424. The van der Waals surface area contributed by atoms with Gasteiger partial charge in [0.05, 0.1) is 22.5 Å². The molecule has 68 valence electrons. The standard InChI is InChI=1S/C8H8ClN3S/c1-10-8-12-6-4-11-5(3-9)2-7(6)13-8/h2,4H,3H2,1H3,(H,10,12). The van der Waals surface area contributed by atoms with E-state index in [4.69, 9.17) is 11.6 Å². The zero-order valence-corrected chi connectivity index (χ0v) is 8.61. The lowest BCUT2D eigenvalue weighted by Crippen LogP contribution is -1.85. The molecule has 2 heterocycles. The number of anilines is 1. The summed E-state index contributed by atoms with van der Waals surface area (Å²) in [7, 11) is 1.85. The van der Waals surface area contributed by atoms with Gasteiger partial charge >= 0.3 is 0 Å². The van der Waals surface area contributed by atoms with Crippen LogP contribution in [0.3, 0.4) is 0 Å². The molecule has 5 heteroatoms. The molecule has 0 radical (unpaired) electrons. The monoisotopic (exact) mass is 213 g/mol. The van der Waals surface area contributed by atoms with Gasteiger partial charge in [0.2, 0.25) is 0 Å². The lowest BCUT2D eigenvalue weighted by atomic mass is 10.4. The summed E-state index contributed by atoms with van der Waals surface area (Å²) in [5, 5.41) is 3.91. The quantitative estimate of drug-likeness (QED) is 0.779. The largest absolute Gasteiger partial charge is 0.365 e. The van der Waals surface area contributed by atoms with Gasteiger partial charge in [-0.3, -0.25) is 4.98 Å². The van der Waals surface area contributed by atoms with Gasteiger partial charge in [0.25, 0.3) is 0 Å². The lowest BCUT2D eigenvalue weighted by Gasteiger charge is -1.91. The predicted octanol–water partition coefficient (Wildman–Crippen LogP) is 2.47. The molecule has 0 fully saturated rings. The molecule has 1 N–H and O–H groups in total. The average molecular weight is 214 g/mol. The van der Waals surface area contributed by atoms with Crippen LogP contribution in [0.4, 0.5) is 5.13 Å². The number of aromatic nitrogens is 2. The fourth-order valence-electron chi connectivity index (χ4n) is 1.05. The van der Waals surface area contributed by atoms with Gasteiger partial charge < -0.3 is 5.32 Å². The van der Waals surface area contributed by atoms with Gasteiger partial charge in [0.1, 0.15) is 5.52 Å². The number of alkyl halides is 1. The number of thiazole rings is 1. The number of nitrogens with one attached hydrogen (secondary N) is 1. The van der Waals surface area contributed by atoms with E-state index >= 15 is 0 Å². The van der Waals surface area contributed by atoms with Gasteiger partial charge in [-0.25, -0.2) is 4.98 Å². The zero-order chi connectivity index (χ0) is 9.26. The normalized spacial score (nSPS) is 10.6. The van der Waals surface area contributed by atoms with Gasteiger partial charge in [-0.15, -0.1) is 11.6 Å². The first kappa shape index (κ1) is 8.72. The van der Waals surface area contributed by atoms with Crippen LogP contribution in [-0.2, 0) is 5.88 Å². The number of hydrogen-bond donors (Lipinski definition) is 1. The fourth-order valence-corrected chi connectivity index (χ4v) is 2.05. The van der Waals surface area contributed by atoms with E-state index in [1.165, 1.54) is 0 Å². The Morgan fingerprint density at radius 3 is 3.15 bits per heavy atom. The van der Waals surface area contributed by atoms with Crippen LogP contribution < -0.4 is 5.32 Å². The molecule has 13 heavy (non-hydrogen) atoms. The molecule has 0 atom stereocenters. The molecular formula is C8H8ClN3S. The van der Waals surface area contributed by atoms with Crippen LogP contribution in [0, 0.1) is 0 Å². The minimum absolute atomic E-state index is 0.447. The van der Waals surface area contributed by atoms with Crippen molar-refractivity contribution in [3.8, 4) is 0 Å². The molecular weight excluding hydrogens is 206 g/mol. The highest BCUT2D eigenvalue weighted by Crippen LogP contribution is 2.25. The molecule has 0 saturated carbocycles. The van der Waals surface area contributed by atoms with Crippen molar-refractivity contribution in [2.75, 3.05) is 12.4 Å². The van der Waals surface area contributed by atoms with Crippen molar-refractivity contribution in [1.82, 2.24) is 9.97 Å². The Kier molecular flexibility index (Phi) is 2.33. The summed E-state index contributed by atoms with van der Waals surface area (Å²) < 4.78 is 1.12. The number of halogens is 1. The molecule has 2 aromatic rings. The summed E-state index contributed by atoms with van der Waals surface area (Å²) in [6.07, 6.45) is 1.75. The highest BCUT2D eigenvalue weighted by atomic mass is 35.5. The van der Waals surface area contributed by atoms with Gasteiger partial charge in [0, 0.05) is 7.05 Å². The summed E-state index contributed by atoms with van der Waals surface area (Å²) in [6.45, 7) is 0. The minimum atomic E-state index is 0.447. The first-order valence-electron chi connectivity index (χ1n) is 3.82. The Morgan fingerprint density at radius 2 is 2.46 bits per heavy atom. The Hall–Kier alpha value is -0.870. The van der Waals surface area contributed by atoms with Crippen LogP contribution in [0.2, 0.25) is 0 Å². The Labute approximate surface area is 84.8 Å². The zero-order valence-electron chi connectivity index (χ0n) is 7.04. The highest BCUT2D eigenvalue weighted by molar-refractivity contribution is 7.22.